The van der Waals surface area contributed by atoms with Crippen LogP contribution in [0.3, 0.4) is 0 Å². The first kappa shape index (κ1) is 11.9. The quantitative estimate of drug-likeness (QED) is 0.862. The Morgan fingerprint density at radius 3 is 2.94 bits per heavy atom. The topological polar surface area (TPSA) is 55.6 Å². The third-order valence-corrected chi connectivity index (χ3v) is 3.32. The van der Waals surface area contributed by atoms with Gasteiger partial charge in [0.25, 0.3) is 5.91 Å². The third kappa shape index (κ3) is 2.13. The SMILES string of the molecule is CCC(CN)c1ccc2c(c1)OCC(=O)N2C. The van der Waals surface area contributed by atoms with Gasteiger partial charge in [-0.1, -0.05) is 13.0 Å². The minimum atomic E-state index is -0.0175. The van der Waals surface area contributed by atoms with Gasteiger partial charge in [-0.3, -0.25) is 4.79 Å². The molecule has 17 heavy (non-hydrogen) atoms. The van der Waals surface area contributed by atoms with Crippen LogP contribution in [0.1, 0.15) is 24.8 Å². The Hall–Kier alpha value is -1.55. The molecule has 1 aromatic rings. The first-order valence-electron chi connectivity index (χ1n) is 5.90. The number of fused-ring (bicyclic) bond motifs is 1. The van der Waals surface area contributed by atoms with E-state index in [1.807, 2.05) is 18.2 Å². The molecule has 4 heteroatoms. The second-order valence-corrected chi connectivity index (χ2v) is 4.31. The molecule has 0 saturated carbocycles. The summed E-state index contributed by atoms with van der Waals surface area (Å²) in [5.74, 6) is 1.11. The van der Waals surface area contributed by atoms with E-state index in [9.17, 15) is 4.79 Å². The molecule has 0 radical (unpaired) electrons. The van der Waals surface area contributed by atoms with Crippen molar-refractivity contribution in [3.05, 3.63) is 23.8 Å². The smallest absolute Gasteiger partial charge is 0.264 e. The molecule has 1 amide bonds. The first-order chi connectivity index (χ1) is 8.17. The maximum Gasteiger partial charge on any atom is 0.264 e. The Morgan fingerprint density at radius 1 is 1.53 bits per heavy atom. The highest BCUT2D eigenvalue weighted by molar-refractivity contribution is 5.97. The molecule has 1 aliphatic heterocycles. The average Bonchev–Trinajstić information content (AvgIpc) is 2.35. The number of amides is 1. The number of benzene rings is 1. The number of rotatable bonds is 3. The number of nitrogens with zero attached hydrogens (tertiary/aromatic N) is 1. The number of hydrogen-bond acceptors (Lipinski definition) is 3. The zero-order valence-corrected chi connectivity index (χ0v) is 10.3. The Balaban J connectivity index is 2.35. The van der Waals surface area contributed by atoms with E-state index >= 15 is 0 Å². The van der Waals surface area contributed by atoms with E-state index in [-0.39, 0.29) is 12.5 Å². The van der Waals surface area contributed by atoms with Gasteiger partial charge in [-0.25, -0.2) is 0 Å². The van der Waals surface area contributed by atoms with Crippen LogP contribution in [0.4, 0.5) is 5.69 Å². The fourth-order valence-corrected chi connectivity index (χ4v) is 2.09. The predicted molar refractivity (Wildman–Crippen MR) is 67.4 cm³/mol. The Labute approximate surface area is 101 Å². The summed E-state index contributed by atoms with van der Waals surface area (Å²) in [5, 5.41) is 0. The molecular formula is C13H18N2O2. The molecule has 0 aliphatic carbocycles. The van der Waals surface area contributed by atoms with Gasteiger partial charge < -0.3 is 15.4 Å². The molecule has 1 unspecified atom stereocenters. The van der Waals surface area contributed by atoms with Crippen molar-refractivity contribution >= 4 is 11.6 Å². The maximum absolute atomic E-state index is 11.5. The van der Waals surface area contributed by atoms with E-state index in [2.05, 4.69) is 6.92 Å². The number of carbonyl (C=O) groups is 1. The molecule has 2 rings (SSSR count). The van der Waals surface area contributed by atoms with Gasteiger partial charge in [-0.05, 0) is 36.6 Å². The standard InChI is InChI=1S/C13H18N2O2/c1-3-9(7-14)10-4-5-11-12(6-10)17-8-13(16)15(11)2/h4-6,9H,3,7-8,14H2,1-2H3. The van der Waals surface area contributed by atoms with Crippen LogP contribution in [0.25, 0.3) is 0 Å². The summed E-state index contributed by atoms with van der Waals surface area (Å²) >= 11 is 0. The highest BCUT2D eigenvalue weighted by Gasteiger charge is 2.23. The molecule has 1 aliphatic rings. The van der Waals surface area contributed by atoms with Gasteiger partial charge in [0.05, 0.1) is 5.69 Å². The van der Waals surface area contributed by atoms with Crippen LogP contribution in [0.2, 0.25) is 0 Å². The summed E-state index contributed by atoms with van der Waals surface area (Å²) in [6, 6.07) is 5.96. The van der Waals surface area contributed by atoms with Gasteiger partial charge in [0.2, 0.25) is 0 Å². The zero-order chi connectivity index (χ0) is 12.4. The number of hydrogen-bond donors (Lipinski definition) is 1. The number of carbonyl (C=O) groups excluding carboxylic acids is 1. The summed E-state index contributed by atoms with van der Waals surface area (Å²) in [7, 11) is 1.77. The van der Waals surface area contributed by atoms with Crippen LogP contribution in [-0.2, 0) is 4.79 Å². The minimum Gasteiger partial charge on any atom is -0.482 e. The van der Waals surface area contributed by atoms with Crippen molar-refractivity contribution in [3.63, 3.8) is 0 Å². The monoisotopic (exact) mass is 234 g/mol. The second-order valence-electron chi connectivity index (χ2n) is 4.31. The van der Waals surface area contributed by atoms with E-state index in [1.54, 1.807) is 11.9 Å². The molecule has 0 spiro atoms. The summed E-state index contributed by atoms with van der Waals surface area (Å²) < 4.78 is 5.45. The molecule has 1 heterocycles. The van der Waals surface area contributed by atoms with Crippen LogP contribution in [0.5, 0.6) is 5.75 Å². The summed E-state index contributed by atoms with van der Waals surface area (Å²) in [4.78, 5) is 13.1. The lowest BCUT2D eigenvalue weighted by Gasteiger charge is -2.27. The van der Waals surface area contributed by atoms with Crippen LogP contribution in [-0.4, -0.2) is 26.1 Å². The second kappa shape index (κ2) is 4.75. The highest BCUT2D eigenvalue weighted by atomic mass is 16.5. The van der Waals surface area contributed by atoms with E-state index in [1.165, 1.54) is 5.56 Å². The van der Waals surface area contributed by atoms with E-state index in [0.29, 0.717) is 12.5 Å². The van der Waals surface area contributed by atoms with Crippen molar-refractivity contribution in [3.8, 4) is 5.75 Å². The Morgan fingerprint density at radius 2 is 2.29 bits per heavy atom. The highest BCUT2D eigenvalue weighted by Crippen LogP contribution is 2.34. The molecule has 0 saturated heterocycles. The molecule has 1 aromatic carbocycles. The summed E-state index contributed by atoms with van der Waals surface area (Å²) in [6.45, 7) is 2.86. The lowest BCUT2D eigenvalue weighted by Crippen LogP contribution is -2.35. The molecule has 0 fully saturated rings. The van der Waals surface area contributed by atoms with Crippen molar-refractivity contribution < 1.29 is 9.53 Å². The number of anilines is 1. The normalized spacial score (nSPS) is 16.4. The average molecular weight is 234 g/mol. The molecule has 0 aromatic heterocycles. The fraction of sp³-hybridized carbons (Fsp3) is 0.462. The Kier molecular flexibility index (Phi) is 3.33. The molecule has 4 nitrogen and oxygen atoms in total. The van der Waals surface area contributed by atoms with E-state index < -0.39 is 0 Å². The summed E-state index contributed by atoms with van der Waals surface area (Å²) in [6.07, 6.45) is 1.00. The molecular weight excluding hydrogens is 216 g/mol. The largest absolute Gasteiger partial charge is 0.482 e. The predicted octanol–water partition coefficient (Wildman–Crippen LogP) is 1.49. The number of nitrogens with two attached hydrogens (primary N) is 1. The van der Waals surface area contributed by atoms with Crippen molar-refractivity contribution in [2.45, 2.75) is 19.3 Å². The van der Waals surface area contributed by atoms with Gasteiger partial charge in [0, 0.05) is 7.05 Å². The lowest BCUT2D eigenvalue weighted by molar-refractivity contribution is -0.120. The third-order valence-electron chi connectivity index (χ3n) is 3.32. The van der Waals surface area contributed by atoms with Crippen molar-refractivity contribution in [1.82, 2.24) is 0 Å². The zero-order valence-electron chi connectivity index (χ0n) is 10.3. The minimum absolute atomic E-state index is 0.0175. The number of likely N-dealkylation sites (N-methyl/N-ethyl adjacent to an activating group) is 1. The van der Waals surface area contributed by atoms with Crippen LogP contribution < -0.4 is 15.4 Å². The van der Waals surface area contributed by atoms with Crippen LogP contribution in [0, 0.1) is 0 Å². The van der Waals surface area contributed by atoms with Gasteiger partial charge >= 0.3 is 0 Å². The van der Waals surface area contributed by atoms with Crippen LogP contribution in [0.15, 0.2) is 18.2 Å². The van der Waals surface area contributed by atoms with Crippen molar-refractivity contribution in [2.75, 3.05) is 25.1 Å². The molecule has 92 valence electrons. The maximum atomic E-state index is 11.5. The first-order valence-corrected chi connectivity index (χ1v) is 5.90. The summed E-state index contributed by atoms with van der Waals surface area (Å²) in [5.41, 5.74) is 7.74. The van der Waals surface area contributed by atoms with Gasteiger partial charge in [0.15, 0.2) is 6.61 Å². The van der Waals surface area contributed by atoms with Gasteiger partial charge in [-0.2, -0.15) is 0 Å². The van der Waals surface area contributed by atoms with Crippen molar-refractivity contribution in [1.29, 1.82) is 0 Å². The molecule has 2 N–H and O–H groups in total. The van der Waals surface area contributed by atoms with Crippen molar-refractivity contribution in [2.24, 2.45) is 5.73 Å². The van der Waals surface area contributed by atoms with E-state index in [4.69, 9.17) is 10.5 Å². The molecule has 1 atom stereocenters. The van der Waals surface area contributed by atoms with Gasteiger partial charge in [0.1, 0.15) is 5.75 Å². The Bertz CT molecular complexity index is 427. The van der Waals surface area contributed by atoms with E-state index in [0.717, 1.165) is 17.9 Å². The fourth-order valence-electron chi connectivity index (χ4n) is 2.09. The number of ether oxygens (including phenoxy) is 1. The molecule has 0 bridgehead atoms. The van der Waals surface area contributed by atoms with Gasteiger partial charge in [-0.15, -0.1) is 0 Å². The van der Waals surface area contributed by atoms with Crippen LogP contribution >= 0.6 is 0 Å². The lowest BCUT2D eigenvalue weighted by atomic mass is 9.96.